The minimum absolute atomic E-state index is 0.267. The Morgan fingerprint density at radius 3 is 3.00 bits per heavy atom. The molecule has 98 valence electrons. The Hall–Kier alpha value is -1.13. The summed E-state index contributed by atoms with van der Waals surface area (Å²) in [6, 6.07) is 8.52. The van der Waals surface area contributed by atoms with E-state index in [2.05, 4.69) is 34.6 Å². The first-order chi connectivity index (χ1) is 8.66. The predicted octanol–water partition coefficient (Wildman–Crippen LogP) is 2.41. The molecular formula is C14H20N2OS. The van der Waals surface area contributed by atoms with E-state index < -0.39 is 10.8 Å². The van der Waals surface area contributed by atoms with Crippen LogP contribution in [0, 0.1) is 0 Å². The molecule has 0 saturated carbocycles. The fourth-order valence-electron chi connectivity index (χ4n) is 1.91. The average molecular weight is 264 g/mol. The summed E-state index contributed by atoms with van der Waals surface area (Å²) in [6.07, 6.45) is 4.68. The van der Waals surface area contributed by atoms with Gasteiger partial charge in [0.05, 0.1) is 0 Å². The molecule has 2 aromatic rings. The number of nitrogens with one attached hydrogen (secondary N) is 2. The van der Waals surface area contributed by atoms with Crippen LogP contribution in [0.4, 0.5) is 0 Å². The van der Waals surface area contributed by atoms with E-state index in [4.69, 9.17) is 0 Å². The van der Waals surface area contributed by atoms with Gasteiger partial charge in [0.15, 0.2) is 0 Å². The molecule has 18 heavy (non-hydrogen) atoms. The number of benzene rings is 1. The van der Waals surface area contributed by atoms with Gasteiger partial charge in [0.2, 0.25) is 0 Å². The molecular weight excluding hydrogens is 244 g/mol. The van der Waals surface area contributed by atoms with Gasteiger partial charge in [-0.1, -0.05) is 19.1 Å². The monoisotopic (exact) mass is 264 g/mol. The summed E-state index contributed by atoms with van der Waals surface area (Å²) < 4.78 is 11.2. The molecule has 1 heterocycles. The van der Waals surface area contributed by atoms with E-state index >= 15 is 0 Å². The number of hydrogen-bond acceptors (Lipinski definition) is 2. The standard InChI is InChI=1S/C14H20N2OS/c1-11(18(2)17)5-7-15-10-12-3-4-13-6-8-16-14(13)9-12/h3-4,6,8-9,11,15-16H,5,7,10H2,1-2H3. The Balaban J connectivity index is 1.81. The quantitative estimate of drug-likeness (QED) is 0.787. The van der Waals surface area contributed by atoms with Crippen LogP contribution >= 0.6 is 0 Å². The molecule has 0 bridgehead atoms. The van der Waals surface area contributed by atoms with Gasteiger partial charge in [-0.2, -0.15) is 0 Å². The Morgan fingerprint density at radius 1 is 1.39 bits per heavy atom. The molecule has 0 aliphatic heterocycles. The van der Waals surface area contributed by atoms with Crippen molar-refractivity contribution in [3.63, 3.8) is 0 Å². The highest BCUT2D eigenvalue weighted by Gasteiger charge is 2.05. The first-order valence-electron chi connectivity index (χ1n) is 6.26. The minimum atomic E-state index is -0.716. The second-order valence-corrected chi connectivity index (χ2v) is 6.48. The first kappa shape index (κ1) is 13.3. The number of aromatic nitrogens is 1. The molecule has 1 aromatic carbocycles. The predicted molar refractivity (Wildman–Crippen MR) is 78.2 cm³/mol. The lowest BCUT2D eigenvalue weighted by Gasteiger charge is -2.09. The van der Waals surface area contributed by atoms with Crippen molar-refractivity contribution < 1.29 is 4.21 Å². The second-order valence-electron chi connectivity index (χ2n) is 4.67. The van der Waals surface area contributed by atoms with Gasteiger partial charge in [0.25, 0.3) is 0 Å². The molecule has 0 spiro atoms. The van der Waals surface area contributed by atoms with Crippen molar-refractivity contribution in [3.05, 3.63) is 36.0 Å². The zero-order valence-electron chi connectivity index (χ0n) is 10.9. The lowest BCUT2D eigenvalue weighted by atomic mass is 10.1. The number of fused-ring (bicyclic) bond motifs is 1. The highest BCUT2D eigenvalue weighted by molar-refractivity contribution is 7.84. The Morgan fingerprint density at radius 2 is 2.22 bits per heavy atom. The maximum absolute atomic E-state index is 11.2. The Labute approximate surface area is 110 Å². The van der Waals surface area contributed by atoms with Crippen molar-refractivity contribution in [2.45, 2.75) is 25.1 Å². The molecule has 0 amide bonds. The minimum Gasteiger partial charge on any atom is -0.361 e. The molecule has 0 saturated heterocycles. The van der Waals surface area contributed by atoms with E-state index in [0.29, 0.717) is 0 Å². The van der Waals surface area contributed by atoms with Crippen LogP contribution < -0.4 is 5.32 Å². The highest BCUT2D eigenvalue weighted by atomic mass is 32.2. The molecule has 3 nitrogen and oxygen atoms in total. The molecule has 0 aliphatic rings. The van der Waals surface area contributed by atoms with Crippen molar-refractivity contribution in [1.29, 1.82) is 0 Å². The van der Waals surface area contributed by atoms with Crippen molar-refractivity contribution in [1.82, 2.24) is 10.3 Å². The largest absolute Gasteiger partial charge is 0.361 e. The zero-order valence-corrected chi connectivity index (χ0v) is 11.7. The van der Waals surface area contributed by atoms with Crippen LogP contribution in [-0.4, -0.2) is 27.2 Å². The SMILES string of the molecule is CC(CCNCc1ccc2cc[nH]c2c1)S(C)=O. The van der Waals surface area contributed by atoms with Crippen molar-refractivity contribution in [2.24, 2.45) is 0 Å². The molecule has 2 unspecified atom stereocenters. The summed E-state index contributed by atoms with van der Waals surface area (Å²) in [7, 11) is -0.716. The molecule has 1 aromatic heterocycles. The molecule has 4 heteroatoms. The van der Waals surface area contributed by atoms with Crippen LogP contribution in [0.1, 0.15) is 18.9 Å². The van der Waals surface area contributed by atoms with Crippen molar-refractivity contribution in [2.75, 3.05) is 12.8 Å². The summed E-state index contributed by atoms with van der Waals surface area (Å²) in [5.74, 6) is 0. The normalized spacial score (nSPS) is 14.8. The third-order valence-electron chi connectivity index (χ3n) is 3.24. The van der Waals surface area contributed by atoms with E-state index in [-0.39, 0.29) is 5.25 Å². The topological polar surface area (TPSA) is 44.9 Å². The number of aromatic amines is 1. The molecule has 0 fully saturated rings. The van der Waals surface area contributed by atoms with E-state index in [1.54, 1.807) is 6.26 Å². The highest BCUT2D eigenvalue weighted by Crippen LogP contribution is 2.13. The number of H-pyrrole nitrogens is 1. The second kappa shape index (κ2) is 6.16. The third-order valence-corrected chi connectivity index (χ3v) is 4.61. The van der Waals surface area contributed by atoms with Crippen LogP contribution in [-0.2, 0) is 17.3 Å². The molecule has 2 atom stereocenters. The van der Waals surface area contributed by atoms with E-state index in [1.165, 1.54) is 16.5 Å². The third kappa shape index (κ3) is 3.43. The van der Waals surface area contributed by atoms with Gasteiger partial charge in [0.1, 0.15) is 0 Å². The van der Waals surface area contributed by atoms with Crippen LogP contribution in [0.15, 0.2) is 30.5 Å². The fraction of sp³-hybridized carbons (Fsp3) is 0.429. The summed E-state index contributed by atoms with van der Waals surface area (Å²) in [5.41, 5.74) is 2.45. The molecule has 0 aliphatic carbocycles. The van der Waals surface area contributed by atoms with Gasteiger partial charge in [-0.3, -0.25) is 4.21 Å². The van der Waals surface area contributed by atoms with Gasteiger partial charge in [-0.05, 0) is 36.0 Å². The van der Waals surface area contributed by atoms with Gasteiger partial charge < -0.3 is 10.3 Å². The van der Waals surface area contributed by atoms with Crippen LogP contribution in [0.3, 0.4) is 0 Å². The maximum Gasteiger partial charge on any atom is 0.0457 e. The summed E-state index contributed by atoms with van der Waals surface area (Å²) in [6.45, 7) is 3.80. The summed E-state index contributed by atoms with van der Waals surface area (Å²) in [5, 5.41) is 4.91. The van der Waals surface area contributed by atoms with Gasteiger partial charge in [-0.25, -0.2) is 0 Å². The summed E-state index contributed by atoms with van der Waals surface area (Å²) >= 11 is 0. The molecule has 2 N–H and O–H groups in total. The average Bonchev–Trinajstić information content (AvgIpc) is 2.81. The lowest BCUT2D eigenvalue weighted by Crippen LogP contribution is -2.20. The smallest absolute Gasteiger partial charge is 0.0457 e. The molecule has 2 rings (SSSR count). The van der Waals surface area contributed by atoms with Gasteiger partial charge in [0, 0.05) is 40.6 Å². The van der Waals surface area contributed by atoms with Crippen molar-refractivity contribution in [3.8, 4) is 0 Å². The number of rotatable bonds is 6. The first-order valence-corrected chi connectivity index (χ1v) is 7.88. The van der Waals surface area contributed by atoms with E-state index in [1.807, 2.05) is 13.1 Å². The van der Waals surface area contributed by atoms with E-state index in [9.17, 15) is 4.21 Å². The Bertz CT molecular complexity index is 535. The molecule has 0 radical (unpaired) electrons. The zero-order chi connectivity index (χ0) is 13.0. The van der Waals surface area contributed by atoms with Crippen LogP contribution in [0.2, 0.25) is 0 Å². The fourth-order valence-corrected chi connectivity index (χ4v) is 2.36. The lowest BCUT2D eigenvalue weighted by molar-refractivity contribution is 0.629. The Kier molecular flexibility index (Phi) is 4.55. The maximum atomic E-state index is 11.2. The van der Waals surface area contributed by atoms with E-state index in [0.717, 1.165) is 19.5 Å². The van der Waals surface area contributed by atoms with Crippen LogP contribution in [0.5, 0.6) is 0 Å². The van der Waals surface area contributed by atoms with Crippen LogP contribution in [0.25, 0.3) is 10.9 Å². The van der Waals surface area contributed by atoms with Crippen molar-refractivity contribution >= 4 is 21.7 Å². The van der Waals surface area contributed by atoms with Gasteiger partial charge >= 0.3 is 0 Å². The van der Waals surface area contributed by atoms with Gasteiger partial charge in [-0.15, -0.1) is 0 Å². The number of hydrogen-bond donors (Lipinski definition) is 2. The summed E-state index contributed by atoms with van der Waals surface area (Å²) in [4.78, 5) is 3.22.